The molecule has 0 aliphatic carbocycles. The van der Waals surface area contributed by atoms with Gasteiger partial charge in [-0.3, -0.25) is 9.48 Å². The Morgan fingerprint density at radius 2 is 2.17 bits per heavy atom. The highest BCUT2D eigenvalue weighted by Gasteiger charge is 2.22. The van der Waals surface area contributed by atoms with Crippen LogP contribution < -0.4 is 14.8 Å². The zero-order chi connectivity index (χ0) is 19.9. The van der Waals surface area contributed by atoms with E-state index in [9.17, 15) is 9.90 Å². The molecule has 29 heavy (non-hydrogen) atoms. The van der Waals surface area contributed by atoms with Gasteiger partial charge in [-0.25, -0.2) is 0 Å². The van der Waals surface area contributed by atoms with Crippen LogP contribution in [0.25, 0.3) is 0 Å². The van der Waals surface area contributed by atoms with Crippen molar-refractivity contribution in [2.24, 2.45) is 0 Å². The first-order chi connectivity index (χ1) is 13.7. The van der Waals surface area contributed by atoms with Crippen molar-refractivity contribution in [1.82, 2.24) is 20.0 Å². The Hall–Kier alpha value is -2.29. The highest BCUT2D eigenvalue weighted by atomic mass is 35.5. The molecule has 2 heterocycles. The van der Waals surface area contributed by atoms with E-state index < -0.39 is 0 Å². The van der Waals surface area contributed by atoms with Crippen molar-refractivity contribution in [3.05, 3.63) is 41.7 Å². The molecule has 1 unspecified atom stereocenters. The third-order valence-corrected chi connectivity index (χ3v) is 4.98. The highest BCUT2D eigenvalue weighted by molar-refractivity contribution is 5.92. The Bertz CT molecular complexity index is 793. The van der Waals surface area contributed by atoms with E-state index in [4.69, 9.17) is 9.47 Å². The van der Waals surface area contributed by atoms with Crippen molar-refractivity contribution in [3.8, 4) is 11.5 Å². The molecule has 0 saturated carbocycles. The van der Waals surface area contributed by atoms with Crippen LogP contribution in [-0.4, -0.2) is 66.2 Å². The third kappa shape index (κ3) is 5.62. The largest absolute Gasteiger partial charge is 0.497 e. The first kappa shape index (κ1) is 23.0. The minimum absolute atomic E-state index is 0. The maximum Gasteiger partial charge on any atom is 0.274 e. The molecule has 0 spiro atoms. The molecule has 1 aliphatic rings. The number of ether oxygens (including phenoxy) is 2. The van der Waals surface area contributed by atoms with E-state index >= 15 is 0 Å². The number of piperidine rings is 1. The Morgan fingerprint density at radius 3 is 2.83 bits per heavy atom. The first-order valence-electron chi connectivity index (χ1n) is 9.53. The second kappa shape index (κ2) is 11.0. The molecule has 1 aromatic carbocycles. The van der Waals surface area contributed by atoms with Crippen LogP contribution >= 0.6 is 12.4 Å². The Kier molecular flexibility index (Phi) is 8.75. The predicted molar refractivity (Wildman–Crippen MR) is 112 cm³/mol. The number of nitrogens with zero attached hydrogens (tertiary/aromatic N) is 3. The smallest absolute Gasteiger partial charge is 0.274 e. The summed E-state index contributed by atoms with van der Waals surface area (Å²) in [4.78, 5) is 14.6. The number of hydrogen-bond acceptors (Lipinski definition) is 6. The van der Waals surface area contributed by atoms with E-state index in [1.54, 1.807) is 37.3 Å². The fourth-order valence-electron chi connectivity index (χ4n) is 3.46. The number of methoxy groups -OCH3 is 2. The number of carbonyl (C=O) groups excluding carboxylic acids is 1. The number of aliphatic hydroxyl groups excluding tert-OH is 1. The van der Waals surface area contributed by atoms with Gasteiger partial charge in [-0.2, -0.15) is 5.10 Å². The molecule has 1 saturated heterocycles. The third-order valence-electron chi connectivity index (χ3n) is 4.98. The standard InChI is InChI=1S/C20H28N4O4.ClH/c1-27-17-5-6-19(28-2)15(12-17)14-23(10-11-25)20(26)18-7-9-24(22-18)16-4-3-8-21-13-16;/h5-7,9,12,16,21,25H,3-4,8,10-11,13-14H2,1-2H3;1H. The topological polar surface area (TPSA) is 88.9 Å². The lowest BCUT2D eigenvalue weighted by Crippen LogP contribution is -2.34. The van der Waals surface area contributed by atoms with Crippen LogP contribution in [0.2, 0.25) is 0 Å². The normalized spacial score (nSPS) is 16.0. The van der Waals surface area contributed by atoms with Crippen LogP contribution in [0.3, 0.4) is 0 Å². The Morgan fingerprint density at radius 1 is 1.34 bits per heavy atom. The number of carbonyl (C=O) groups is 1. The summed E-state index contributed by atoms with van der Waals surface area (Å²) in [6.07, 6.45) is 4.00. The number of halogens is 1. The van der Waals surface area contributed by atoms with Gasteiger partial charge in [0.1, 0.15) is 17.2 Å². The van der Waals surface area contributed by atoms with E-state index in [0.29, 0.717) is 17.2 Å². The summed E-state index contributed by atoms with van der Waals surface area (Å²) >= 11 is 0. The number of rotatable bonds is 8. The van der Waals surface area contributed by atoms with Crippen molar-refractivity contribution < 1.29 is 19.4 Å². The molecule has 9 heteroatoms. The average molecular weight is 425 g/mol. The SMILES string of the molecule is COc1ccc(OC)c(CN(CCO)C(=O)c2ccn(C3CCCNC3)n2)c1.Cl. The molecule has 1 aromatic heterocycles. The number of amides is 1. The average Bonchev–Trinajstić information content (AvgIpc) is 3.23. The molecule has 8 nitrogen and oxygen atoms in total. The number of benzene rings is 1. The summed E-state index contributed by atoms with van der Waals surface area (Å²) < 4.78 is 12.6. The fourth-order valence-corrected chi connectivity index (χ4v) is 3.46. The van der Waals surface area contributed by atoms with E-state index in [2.05, 4.69) is 10.4 Å². The van der Waals surface area contributed by atoms with Crippen LogP contribution in [0.5, 0.6) is 11.5 Å². The van der Waals surface area contributed by atoms with Crippen LogP contribution in [0, 0.1) is 0 Å². The minimum atomic E-state index is -0.221. The quantitative estimate of drug-likeness (QED) is 0.672. The highest BCUT2D eigenvalue weighted by Crippen LogP contribution is 2.26. The van der Waals surface area contributed by atoms with Gasteiger partial charge in [-0.05, 0) is 43.7 Å². The number of aliphatic hydroxyl groups is 1. The van der Waals surface area contributed by atoms with Crippen LogP contribution in [-0.2, 0) is 6.54 Å². The molecule has 1 atom stereocenters. The summed E-state index contributed by atoms with van der Waals surface area (Å²) in [5.41, 5.74) is 1.18. The summed E-state index contributed by atoms with van der Waals surface area (Å²) in [6.45, 7) is 2.24. The summed E-state index contributed by atoms with van der Waals surface area (Å²) in [5, 5.41) is 17.3. The maximum atomic E-state index is 13.0. The monoisotopic (exact) mass is 424 g/mol. The minimum Gasteiger partial charge on any atom is -0.497 e. The summed E-state index contributed by atoms with van der Waals surface area (Å²) in [7, 11) is 3.18. The number of nitrogens with one attached hydrogen (secondary N) is 1. The Balaban J connectivity index is 0.00000300. The molecule has 1 fully saturated rings. The van der Waals surface area contributed by atoms with Crippen molar-refractivity contribution in [3.63, 3.8) is 0 Å². The maximum absolute atomic E-state index is 13.0. The molecule has 2 N–H and O–H groups in total. The number of hydrogen-bond donors (Lipinski definition) is 2. The molecule has 1 aliphatic heterocycles. The van der Waals surface area contributed by atoms with E-state index in [1.807, 2.05) is 16.9 Å². The lowest BCUT2D eigenvalue weighted by molar-refractivity contribution is 0.0699. The predicted octanol–water partition coefficient (Wildman–Crippen LogP) is 1.88. The molecule has 0 radical (unpaired) electrons. The van der Waals surface area contributed by atoms with Gasteiger partial charge < -0.3 is 24.8 Å². The van der Waals surface area contributed by atoms with Crippen LogP contribution in [0.1, 0.15) is 34.9 Å². The van der Waals surface area contributed by atoms with Gasteiger partial charge in [0.15, 0.2) is 0 Å². The zero-order valence-corrected chi connectivity index (χ0v) is 17.7. The molecule has 3 rings (SSSR count). The van der Waals surface area contributed by atoms with Gasteiger partial charge in [0, 0.05) is 31.4 Å². The van der Waals surface area contributed by atoms with Gasteiger partial charge in [-0.1, -0.05) is 0 Å². The second-order valence-electron chi connectivity index (χ2n) is 6.81. The van der Waals surface area contributed by atoms with Crippen molar-refractivity contribution in [1.29, 1.82) is 0 Å². The van der Waals surface area contributed by atoms with Crippen molar-refractivity contribution in [2.45, 2.75) is 25.4 Å². The van der Waals surface area contributed by atoms with E-state index in [1.165, 1.54) is 0 Å². The van der Waals surface area contributed by atoms with Gasteiger partial charge in [0.2, 0.25) is 0 Å². The number of aromatic nitrogens is 2. The van der Waals surface area contributed by atoms with Gasteiger partial charge in [0.05, 0.1) is 26.9 Å². The molecule has 0 bridgehead atoms. The molecular formula is C20H29ClN4O4. The van der Waals surface area contributed by atoms with E-state index in [-0.39, 0.29) is 44.1 Å². The summed E-state index contributed by atoms with van der Waals surface area (Å²) in [5.74, 6) is 1.12. The lowest BCUT2D eigenvalue weighted by atomic mass is 10.1. The van der Waals surface area contributed by atoms with Crippen molar-refractivity contribution >= 4 is 18.3 Å². The van der Waals surface area contributed by atoms with Crippen molar-refractivity contribution in [2.75, 3.05) is 40.5 Å². The second-order valence-corrected chi connectivity index (χ2v) is 6.81. The van der Waals surface area contributed by atoms with Gasteiger partial charge in [-0.15, -0.1) is 12.4 Å². The van der Waals surface area contributed by atoms with Gasteiger partial charge in [0.25, 0.3) is 5.91 Å². The van der Waals surface area contributed by atoms with Crippen LogP contribution in [0.4, 0.5) is 0 Å². The molecular weight excluding hydrogens is 396 g/mol. The van der Waals surface area contributed by atoms with E-state index in [0.717, 1.165) is 31.5 Å². The van der Waals surface area contributed by atoms with Crippen LogP contribution in [0.15, 0.2) is 30.5 Å². The first-order valence-corrected chi connectivity index (χ1v) is 9.53. The zero-order valence-electron chi connectivity index (χ0n) is 16.8. The summed E-state index contributed by atoms with van der Waals surface area (Å²) in [6, 6.07) is 7.45. The molecule has 1 amide bonds. The lowest BCUT2D eigenvalue weighted by Gasteiger charge is -2.24. The fraction of sp³-hybridized carbons (Fsp3) is 0.500. The molecule has 2 aromatic rings. The van der Waals surface area contributed by atoms with Gasteiger partial charge >= 0.3 is 0 Å². The molecule has 160 valence electrons. The Labute approximate surface area is 177 Å².